The first-order chi connectivity index (χ1) is 5.07. The highest BCUT2D eigenvalue weighted by Crippen LogP contribution is 2.43. The topological polar surface area (TPSA) is 34.1 Å². The lowest BCUT2D eigenvalue weighted by atomic mass is 10.1. The summed E-state index contributed by atoms with van der Waals surface area (Å²) in [5, 5.41) is -0.306. The fourth-order valence-electron chi connectivity index (χ4n) is 2.05. The number of allylic oxidation sites excluding steroid dienone is 2. The van der Waals surface area contributed by atoms with Gasteiger partial charge in [0.2, 0.25) is 9.05 Å². The molecule has 2 rings (SSSR count). The lowest BCUT2D eigenvalue weighted by molar-refractivity contribution is 0.575. The highest BCUT2D eigenvalue weighted by Gasteiger charge is 2.42. The maximum absolute atomic E-state index is 11.0. The number of fused-ring (bicyclic) bond motifs is 2. The zero-order chi connectivity index (χ0) is 8.06. The van der Waals surface area contributed by atoms with Gasteiger partial charge in [-0.05, 0) is 24.7 Å². The Morgan fingerprint density at radius 3 is 2.27 bits per heavy atom. The second-order valence-electron chi connectivity index (χ2n) is 3.29. The van der Waals surface area contributed by atoms with Gasteiger partial charge in [0.15, 0.2) is 0 Å². The van der Waals surface area contributed by atoms with Crippen LogP contribution in [0, 0.1) is 11.8 Å². The standard InChI is InChI=1S/C7H9ClO2S/c8-11(9,10)7-4-5-1-2-6(7)3-5/h1-2,5-7H,3-4H2/t5-,6+,7?/m1/s1. The van der Waals surface area contributed by atoms with Gasteiger partial charge in [-0.1, -0.05) is 12.2 Å². The average molecular weight is 193 g/mol. The summed E-state index contributed by atoms with van der Waals surface area (Å²) < 4.78 is 21.9. The molecule has 0 radical (unpaired) electrons. The van der Waals surface area contributed by atoms with Gasteiger partial charge in [-0.15, -0.1) is 0 Å². The molecule has 0 spiro atoms. The van der Waals surface area contributed by atoms with E-state index >= 15 is 0 Å². The summed E-state index contributed by atoms with van der Waals surface area (Å²) >= 11 is 0. The summed E-state index contributed by atoms with van der Waals surface area (Å²) in [6.07, 6.45) is 5.80. The summed E-state index contributed by atoms with van der Waals surface area (Å²) in [6, 6.07) is 0. The smallest absolute Gasteiger partial charge is 0.212 e. The van der Waals surface area contributed by atoms with Crippen molar-refractivity contribution in [2.45, 2.75) is 18.1 Å². The van der Waals surface area contributed by atoms with Gasteiger partial charge < -0.3 is 0 Å². The molecule has 3 atom stereocenters. The van der Waals surface area contributed by atoms with E-state index in [0.29, 0.717) is 5.92 Å². The Hall–Kier alpha value is -0.0200. The molecule has 0 aromatic heterocycles. The molecule has 11 heavy (non-hydrogen) atoms. The number of hydrogen-bond acceptors (Lipinski definition) is 2. The monoisotopic (exact) mass is 192 g/mol. The summed E-state index contributed by atoms with van der Waals surface area (Å²) in [5.74, 6) is 0.668. The third kappa shape index (κ3) is 1.20. The zero-order valence-corrected chi connectivity index (χ0v) is 7.48. The molecule has 4 heteroatoms. The van der Waals surface area contributed by atoms with Crippen molar-refractivity contribution in [2.75, 3.05) is 0 Å². The van der Waals surface area contributed by atoms with Crippen LogP contribution in [-0.2, 0) is 9.05 Å². The minimum atomic E-state index is -3.31. The van der Waals surface area contributed by atoms with Gasteiger partial charge in [0, 0.05) is 10.7 Å². The van der Waals surface area contributed by atoms with Crippen LogP contribution < -0.4 is 0 Å². The second kappa shape index (κ2) is 2.23. The fourth-order valence-corrected chi connectivity index (χ4v) is 3.77. The summed E-state index contributed by atoms with van der Waals surface area (Å²) in [6.45, 7) is 0. The molecule has 62 valence electrons. The van der Waals surface area contributed by atoms with Crippen LogP contribution in [0.15, 0.2) is 12.2 Å². The molecular weight excluding hydrogens is 184 g/mol. The van der Waals surface area contributed by atoms with Crippen molar-refractivity contribution in [2.24, 2.45) is 11.8 Å². The molecule has 1 unspecified atom stereocenters. The highest BCUT2D eigenvalue weighted by molar-refractivity contribution is 8.14. The lowest BCUT2D eigenvalue weighted by Gasteiger charge is -2.13. The molecule has 0 amide bonds. The van der Waals surface area contributed by atoms with E-state index < -0.39 is 9.05 Å². The maximum atomic E-state index is 11.0. The van der Waals surface area contributed by atoms with Crippen molar-refractivity contribution in [3.8, 4) is 0 Å². The molecule has 0 N–H and O–H groups in total. The largest absolute Gasteiger partial charge is 0.236 e. The van der Waals surface area contributed by atoms with E-state index in [9.17, 15) is 8.42 Å². The van der Waals surface area contributed by atoms with E-state index in [1.165, 1.54) is 0 Å². The first-order valence-electron chi connectivity index (χ1n) is 3.69. The third-order valence-electron chi connectivity index (χ3n) is 2.58. The van der Waals surface area contributed by atoms with Crippen molar-refractivity contribution in [1.29, 1.82) is 0 Å². The van der Waals surface area contributed by atoms with Gasteiger partial charge >= 0.3 is 0 Å². The third-order valence-corrected chi connectivity index (χ3v) is 4.53. The lowest BCUT2D eigenvalue weighted by Crippen LogP contribution is -2.20. The zero-order valence-electron chi connectivity index (χ0n) is 5.90. The summed E-state index contributed by atoms with van der Waals surface area (Å²) in [4.78, 5) is 0. The SMILES string of the molecule is O=S(=O)(Cl)C1C[C@@H]2C=C[C@H]1C2. The Morgan fingerprint density at radius 1 is 1.27 bits per heavy atom. The molecule has 2 aliphatic rings. The number of hydrogen-bond donors (Lipinski definition) is 0. The van der Waals surface area contributed by atoms with Crippen LogP contribution in [0.3, 0.4) is 0 Å². The molecule has 0 aromatic carbocycles. The van der Waals surface area contributed by atoms with Crippen LogP contribution in [0.2, 0.25) is 0 Å². The Bertz CT molecular complexity index is 294. The van der Waals surface area contributed by atoms with Crippen LogP contribution in [0.4, 0.5) is 0 Å². The Kier molecular flexibility index (Phi) is 1.55. The van der Waals surface area contributed by atoms with Crippen molar-refractivity contribution in [3.05, 3.63) is 12.2 Å². The molecule has 2 bridgehead atoms. The predicted octanol–water partition coefficient (Wildman–Crippen LogP) is 1.52. The molecule has 2 nitrogen and oxygen atoms in total. The van der Waals surface area contributed by atoms with E-state index in [1.54, 1.807) is 0 Å². The second-order valence-corrected chi connectivity index (χ2v) is 6.14. The highest BCUT2D eigenvalue weighted by atomic mass is 35.7. The van der Waals surface area contributed by atoms with Crippen molar-refractivity contribution in [3.63, 3.8) is 0 Å². The minimum absolute atomic E-state index is 0.197. The van der Waals surface area contributed by atoms with Crippen LogP contribution in [0.25, 0.3) is 0 Å². The van der Waals surface area contributed by atoms with Crippen molar-refractivity contribution in [1.82, 2.24) is 0 Å². The van der Waals surface area contributed by atoms with Gasteiger partial charge in [0.05, 0.1) is 5.25 Å². The van der Waals surface area contributed by atoms with Crippen LogP contribution in [0.1, 0.15) is 12.8 Å². The summed E-state index contributed by atoms with van der Waals surface area (Å²) in [5.41, 5.74) is 0. The average Bonchev–Trinajstić information content (AvgIpc) is 2.42. The quantitative estimate of drug-likeness (QED) is 0.466. The Labute approximate surface area is 70.7 Å². The Morgan fingerprint density at radius 2 is 2.00 bits per heavy atom. The van der Waals surface area contributed by atoms with Gasteiger partial charge in [-0.25, -0.2) is 8.42 Å². The van der Waals surface area contributed by atoms with Crippen molar-refractivity contribution < 1.29 is 8.42 Å². The molecule has 1 fully saturated rings. The minimum Gasteiger partial charge on any atom is -0.212 e. The maximum Gasteiger partial charge on any atom is 0.236 e. The van der Waals surface area contributed by atoms with Gasteiger partial charge in [-0.2, -0.15) is 0 Å². The molecule has 2 aliphatic carbocycles. The molecule has 0 heterocycles. The van der Waals surface area contributed by atoms with Gasteiger partial charge in [0.25, 0.3) is 0 Å². The van der Waals surface area contributed by atoms with E-state index in [1.807, 2.05) is 6.08 Å². The fraction of sp³-hybridized carbons (Fsp3) is 0.714. The van der Waals surface area contributed by atoms with Crippen molar-refractivity contribution >= 4 is 19.7 Å². The van der Waals surface area contributed by atoms with E-state index in [-0.39, 0.29) is 11.2 Å². The van der Waals surface area contributed by atoms with E-state index in [2.05, 4.69) is 6.08 Å². The van der Waals surface area contributed by atoms with E-state index in [4.69, 9.17) is 10.7 Å². The van der Waals surface area contributed by atoms with Gasteiger partial charge in [0.1, 0.15) is 0 Å². The van der Waals surface area contributed by atoms with Gasteiger partial charge in [-0.3, -0.25) is 0 Å². The normalized spacial score (nSPS) is 41.7. The molecule has 0 aromatic rings. The first kappa shape index (κ1) is 7.62. The number of rotatable bonds is 1. The first-order valence-corrected chi connectivity index (χ1v) is 6.06. The molecule has 0 aliphatic heterocycles. The van der Waals surface area contributed by atoms with Crippen LogP contribution in [0.5, 0.6) is 0 Å². The molecular formula is C7H9ClO2S. The van der Waals surface area contributed by atoms with Crippen LogP contribution >= 0.6 is 10.7 Å². The predicted molar refractivity (Wildman–Crippen MR) is 43.9 cm³/mol. The summed E-state index contributed by atoms with van der Waals surface area (Å²) in [7, 11) is 1.96. The van der Waals surface area contributed by atoms with E-state index in [0.717, 1.165) is 12.8 Å². The van der Waals surface area contributed by atoms with Crippen LogP contribution in [-0.4, -0.2) is 13.7 Å². The molecule has 0 saturated heterocycles. The molecule has 1 saturated carbocycles. The number of halogens is 1. The Balaban J connectivity index is 2.28.